The van der Waals surface area contributed by atoms with Crippen LogP contribution in [-0.2, 0) is 0 Å². The van der Waals surface area contributed by atoms with Crippen LogP contribution in [0.5, 0.6) is 0 Å². The van der Waals surface area contributed by atoms with Crippen LogP contribution >= 0.6 is 11.6 Å². The number of allylic oxidation sites excluding steroid dienone is 2. The number of carbonyl (C=O) groups is 1. The van der Waals surface area contributed by atoms with Gasteiger partial charge in [0.2, 0.25) is 0 Å². The number of carbonyl (C=O) groups excluding carboxylic acids is 1. The second-order valence-corrected chi connectivity index (χ2v) is 4.63. The largest absolute Gasteiger partial charge is 0.387 e. The van der Waals surface area contributed by atoms with Gasteiger partial charge in [-0.1, -0.05) is 24.3 Å². The lowest BCUT2D eigenvalue weighted by molar-refractivity contribution is 0.104. The summed E-state index contributed by atoms with van der Waals surface area (Å²) in [6.07, 6.45) is 1.72. The molecule has 1 fully saturated rings. The molecular weight excluding hydrogens is 222 g/mol. The topological polar surface area (TPSA) is 29.1 Å². The molecule has 1 aromatic rings. The van der Waals surface area contributed by atoms with Crippen molar-refractivity contribution < 1.29 is 4.79 Å². The lowest BCUT2D eigenvalue weighted by atomic mass is 9.80. The van der Waals surface area contributed by atoms with Crippen LogP contribution in [0, 0.1) is 5.92 Å². The van der Waals surface area contributed by atoms with Crippen molar-refractivity contribution in [3.8, 4) is 0 Å². The van der Waals surface area contributed by atoms with Gasteiger partial charge in [-0.2, -0.15) is 0 Å². The molecule has 0 amide bonds. The molecule has 3 heteroatoms. The van der Waals surface area contributed by atoms with Gasteiger partial charge < -0.3 is 5.32 Å². The molecule has 1 N–H and O–H groups in total. The number of alkyl halides is 1. The van der Waals surface area contributed by atoms with E-state index < -0.39 is 0 Å². The minimum Gasteiger partial charge on any atom is -0.387 e. The van der Waals surface area contributed by atoms with Gasteiger partial charge >= 0.3 is 0 Å². The second kappa shape index (κ2) is 3.63. The molecule has 1 heterocycles. The Morgan fingerprint density at radius 2 is 2.19 bits per heavy atom. The third-order valence-electron chi connectivity index (χ3n) is 3.42. The number of hydrogen-bond acceptors (Lipinski definition) is 2. The molecule has 2 unspecified atom stereocenters. The first kappa shape index (κ1) is 9.91. The van der Waals surface area contributed by atoms with Crippen LogP contribution in [0.1, 0.15) is 21.8 Å². The molecule has 0 radical (unpaired) electrons. The number of hydrogen-bond donors (Lipinski definition) is 1. The summed E-state index contributed by atoms with van der Waals surface area (Å²) in [6.45, 7) is 0.863. The van der Waals surface area contributed by atoms with Crippen molar-refractivity contribution in [1.82, 2.24) is 5.32 Å². The lowest BCUT2D eigenvalue weighted by Gasteiger charge is -2.23. The number of benzene rings is 1. The van der Waals surface area contributed by atoms with E-state index in [1.54, 1.807) is 6.08 Å². The molecular formula is C13H12ClNO. The average Bonchev–Trinajstić information content (AvgIpc) is 2.72. The van der Waals surface area contributed by atoms with Crippen molar-refractivity contribution in [2.45, 2.75) is 5.92 Å². The van der Waals surface area contributed by atoms with E-state index in [1.165, 1.54) is 0 Å². The Bertz CT molecular complexity index is 481. The fourth-order valence-corrected chi connectivity index (χ4v) is 2.94. The van der Waals surface area contributed by atoms with E-state index in [9.17, 15) is 4.79 Å². The van der Waals surface area contributed by atoms with Crippen molar-refractivity contribution in [1.29, 1.82) is 0 Å². The highest BCUT2D eigenvalue weighted by Crippen LogP contribution is 2.40. The Balaban J connectivity index is 2.15. The number of nitrogens with one attached hydrogen (secondary N) is 1. The van der Waals surface area contributed by atoms with Crippen LogP contribution < -0.4 is 5.32 Å². The van der Waals surface area contributed by atoms with Crippen molar-refractivity contribution in [3.05, 3.63) is 47.2 Å². The third-order valence-corrected chi connectivity index (χ3v) is 3.82. The van der Waals surface area contributed by atoms with E-state index in [2.05, 4.69) is 5.32 Å². The molecule has 1 aromatic carbocycles. The van der Waals surface area contributed by atoms with Crippen LogP contribution in [0.2, 0.25) is 0 Å². The van der Waals surface area contributed by atoms with Gasteiger partial charge in [0.1, 0.15) is 0 Å². The zero-order chi connectivity index (χ0) is 11.1. The van der Waals surface area contributed by atoms with Gasteiger partial charge in [-0.05, 0) is 5.56 Å². The van der Waals surface area contributed by atoms with Gasteiger partial charge in [0, 0.05) is 41.6 Å². The van der Waals surface area contributed by atoms with E-state index in [-0.39, 0.29) is 11.7 Å². The Morgan fingerprint density at radius 3 is 3.00 bits per heavy atom. The Morgan fingerprint density at radius 1 is 1.38 bits per heavy atom. The van der Waals surface area contributed by atoms with E-state index in [1.807, 2.05) is 24.3 Å². The molecule has 3 rings (SSSR count). The van der Waals surface area contributed by atoms with Crippen molar-refractivity contribution in [3.63, 3.8) is 0 Å². The molecule has 2 atom stereocenters. The number of fused-ring (bicyclic) bond motifs is 3. The molecule has 0 saturated carbocycles. The summed E-state index contributed by atoms with van der Waals surface area (Å²) in [5.41, 5.74) is 2.99. The minimum absolute atomic E-state index is 0.101. The minimum atomic E-state index is 0.101. The molecule has 0 aromatic heterocycles. The average molecular weight is 234 g/mol. The quantitative estimate of drug-likeness (QED) is 0.755. The second-order valence-electron chi connectivity index (χ2n) is 4.32. The number of halogens is 1. The maximum atomic E-state index is 11.9. The van der Waals surface area contributed by atoms with Gasteiger partial charge in [-0.15, -0.1) is 11.6 Å². The lowest BCUT2D eigenvalue weighted by Crippen LogP contribution is -2.19. The van der Waals surface area contributed by atoms with E-state index in [4.69, 9.17) is 11.6 Å². The van der Waals surface area contributed by atoms with E-state index >= 15 is 0 Å². The molecule has 82 valence electrons. The monoisotopic (exact) mass is 233 g/mol. The van der Waals surface area contributed by atoms with Crippen LogP contribution in [0.15, 0.2) is 36.0 Å². The Labute approximate surface area is 99.3 Å². The van der Waals surface area contributed by atoms with Crippen LogP contribution in [-0.4, -0.2) is 18.2 Å². The fourth-order valence-electron chi connectivity index (χ4n) is 2.65. The normalized spacial score (nSPS) is 26.8. The number of ketones is 1. The highest BCUT2D eigenvalue weighted by molar-refractivity contribution is 6.18. The maximum Gasteiger partial charge on any atom is 0.187 e. The molecule has 1 saturated heterocycles. The van der Waals surface area contributed by atoms with Crippen molar-refractivity contribution in [2.75, 3.05) is 12.4 Å². The summed E-state index contributed by atoms with van der Waals surface area (Å²) in [5, 5.41) is 3.29. The van der Waals surface area contributed by atoms with Crippen LogP contribution in [0.3, 0.4) is 0 Å². The first-order valence-electron chi connectivity index (χ1n) is 5.46. The SMILES string of the molecule is O=C1C=C2NCC(CCl)C2c2ccccc21. The molecule has 16 heavy (non-hydrogen) atoms. The summed E-state index contributed by atoms with van der Waals surface area (Å²) in [6, 6.07) is 7.83. The predicted molar refractivity (Wildman–Crippen MR) is 63.8 cm³/mol. The summed E-state index contributed by atoms with van der Waals surface area (Å²) in [4.78, 5) is 11.9. The first-order chi connectivity index (χ1) is 7.81. The molecule has 1 aliphatic carbocycles. The summed E-state index contributed by atoms with van der Waals surface area (Å²) in [7, 11) is 0. The van der Waals surface area contributed by atoms with Crippen molar-refractivity contribution >= 4 is 17.4 Å². The molecule has 2 nitrogen and oxygen atoms in total. The van der Waals surface area contributed by atoms with E-state index in [0.29, 0.717) is 11.8 Å². The highest BCUT2D eigenvalue weighted by Gasteiger charge is 2.37. The molecule has 0 bridgehead atoms. The van der Waals surface area contributed by atoms with Crippen LogP contribution in [0.25, 0.3) is 0 Å². The van der Waals surface area contributed by atoms with Gasteiger partial charge in [0.25, 0.3) is 0 Å². The van der Waals surface area contributed by atoms with Crippen molar-refractivity contribution in [2.24, 2.45) is 5.92 Å². The van der Waals surface area contributed by atoms with Crippen LogP contribution in [0.4, 0.5) is 0 Å². The van der Waals surface area contributed by atoms with E-state index in [0.717, 1.165) is 23.4 Å². The molecule has 1 aliphatic heterocycles. The maximum absolute atomic E-state index is 11.9. The molecule has 0 spiro atoms. The summed E-state index contributed by atoms with van der Waals surface area (Å²) < 4.78 is 0. The first-order valence-corrected chi connectivity index (χ1v) is 5.99. The number of rotatable bonds is 1. The van der Waals surface area contributed by atoms with Gasteiger partial charge in [0.05, 0.1) is 0 Å². The van der Waals surface area contributed by atoms with Gasteiger partial charge in [-0.3, -0.25) is 4.79 Å². The zero-order valence-corrected chi connectivity index (χ0v) is 9.50. The summed E-state index contributed by atoms with van der Waals surface area (Å²) in [5.74, 6) is 1.40. The smallest absolute Gasteiger partial charge is 0.187 e. The zero-order valence-electron chi connectivity index (χ0n) is 8.74. The Kier molecular flexibility index (Phi) is 2.25. The molecule has 2 aliphatic rings. The predicted octanol–water partition coefficient (Wildman–Crippen LogP) is 2.31. The van der Waals surface area contributed by atoms with Gasteiger partial charge in [0.15, 0.2) is 5.78 Å². The van der Waals surface area contributed by atoms with Gasteiger partial charge in [-0.25, -0.2) is 0 Å². The fraction of sp³-hybridized carbons (Fsp3) is 0.308. The third kappa shape index (κ3) is 1.30. The Hall–Kier alpha value is -1.28. The summed E-state index contributed by atoms with van der Waals surface area (Å²) >= 11 is 5.98. The highest BCUT2D eigenvalue weighted by atomic mass is 35.5. The standard InChI is InChI=1S/C13H12ClNO/c14-6-8-7-15-11-5-12(16)9-3-1-2-4-10(9)13(8)11/h1-5,8,13,15H,6-7H2.